The molecule has 1 aromatic carbocycles. The first kappa shape index (κ1) is 17.3. The number of rotatable bonds is 5. The Kier molecular flexibility index (Phi) is 5.25. The summed E-state index contributed by atoms with van der Waals surface area (Å²) >= 11 is 2.80. The van der Waals surface area contributed by atoms with Crippen LogP contribution in [0.3, 0.4) is 0 Å². The maximum Gasteiger partial charge on any atom is 0.417 e. The minimum Gasteiger partial charge on any atom is -0.482 e. The number of pyridine rings is 1. The summed E-state index contributed by atoms with van der Waals surface area (Å²) in [4.78, 5) is 14.6. The van der Waals surface area contributed by atoms with Crippen LogP contribution in [-0.4, -0.2) is 15.8 Å². The van der Waals surface area contributed by atoms with Gasteiger partial charge >= 0.3 is 6.18 Å². The van der Waals surface area contributed by atoms with Crippen LogP contribution in [0.15, 0.2) is 42.6 Å². The highest BCUT2D eigenvalue weighted by Gasteiger charge is 2.30. The highest BCUT2D eigenvalue weighted by Crippen LogP contribution is 2.30. The lowest BCUT2D eigenvalue weighted by atomic mass is 10.3. The zero-order valence-electron chi connectivity index (χ0n) is 11.8. The molecule has 0 aliphatic rings. The lowest BCUT2D eigenvalue weighted by Gasteiger charge is -2.11. The van der Waals surface area contributed by atoms with E-state index in [1.54, 1.807) is 31.2 Å². The summed E-state index contributed by atoms with van der Waals surface area (Å²) in [6, 6.07) is 8.29. The third kappa shape index (κ3) is 4.95. The Labute approximate surface area is 138 Å². The van der Waals surface area contributed by atoms with Gasteiger partial charge in [-0.05, 0) is 53.2 Å². The Morgan fingerprint density at radius 1 is 1.13 bits per heavy atom. The third-order valence-electron chi connectivity index (χ3n) is 2.74. The largest absolute Gasteiger partial charge is 0.482 e. The van der Waals surface area contributed by atoms with E-state index < -0.39 is 17.8 Å². The van der Waals surface area contributed by atoms with Gasteiger partial charge in [0.2, 0.25) is 10.6 Å². The summed E-state index contributed by atoms with van der Waals surface area (Å²) in [5.74, 6) is 0.871. The minimum absolute atomic E-state index is 0.0377. The van der Waals surface area contributed by atoms with Gasteiger partial charge in [0.1, 0.15) is 11.5 Å². The quantitative estimate of drug-likeness (QED) is 0.702. The van der Waals surface area contributed by atoms with Gasteiger partial charge in [-0.2, -0.15) is 13.2 Å². The fraction of sp³-hybridized carbons (Fsp3) is 0.200. The highest BCUT2D eigenvalue weighted by molar-refractivity contribution is 9.18. The number of benzene rings is 1. The molecule has 0 aliphatic heterocycles. The molecule has 2 rings (SSSR count). The predicted octanol–water partition coefficient (Wildman–Crippen LogP) is 4.58. The summed E-state index contributed by atoms with van der Waals surface area (Å²) in [5.41, 5.74) is -0.845. The van der Waals surface area contributed by atoms with Crippen molar-refractivity contribution in [3.63, 3.8) is 0 Å². The molecule has 0 saturated carbocycles. The van der Waals surface area contributed by atoms with Gasteiger partial charge in [-0.1, -0.05) is 0 Å². The maximum absolute atomic E-state index is 12.4. The molecule has 1 unspecified atom stereocenters. The number of halogens is 4. The van der Waals surface area contributed by atoms with Crippen LogP contribution in [0.2, 0.25) is 0 Å². The number of ether oxygens (including phenoxy) is 2. The third-order valence-corrected chi connectivity index (χ3v) is 3.39. The average molecular weight is 390 g/mol. The van der Waals surface area contributed by atoms with Crippen LogP contribution < -0.4 is 9.47 Å². The summed E-state index contributed by atoms with van der Waals surface area (Å²) in [6.07, 6.45) is -4.37. The summed E-state index contributed by atoms with van der Waals surface area (Å²) in [5, 5.41) is 0. The fourth-order valence-electron chi connectivity index (χ4n) is 1.57. The molecule has 0 radical (unpaired) electrons. The van der Waals surface area contributed by atoms with Crippen molar-refractivity contribution in [3.05, 3.63) is 48.2 Å². The van der Waals surface area contributed by atoms with Gasteiger partial charge in [0.15, 0.2) is 6.10 Å². The normalized spacial score (nSPS) is 12.6. The molecule has 0 fully saturated rings. The summed E-state index contributed by atoms with van der Waals surface area (Å²) < 4.78 is 47.7. The first-order chi connectivity index (χ1) is 10.8. The standard InChI is InChI=1S/C15H11BrF3NO3/c1-9(14(16)21)22-11-3-5-12(6-4-11)23-13-7-2-10(8-20-13)15(17,18)19/h2-9H,1H3. The second kappa shape index (κ2) is 6.99. The topological polar surface area (TPSA) is 48.4 Å². The average Bonchev–Trinajstić information content (AvgIpc) is 2.49. The predicted molar refractivity (Wildman–Crippen MR) is 79.8 cm³/mol. The van der Waals surface area contributed by atoms with E-state index in [-0.39, 0.29) is 10.6 Å². The molecule has 0 saturated heterocycles. The molecule has 1 heterocycles. The highest BCUT2D eigenvalue weighted by atomic mass is 79.9. The Bertz CT molecular complexity index is 672. The van der Waals surface area contributed by atoms with Gasteiger partial charge in [-0.25, -0.2) is 4.98 Å². The molecule has 23 heavy (non-hydrogen) atoms. The molecule has 1 aromatic heterocycles. The fourth-order valence-corrected chi connectivity index (χ4v) is 1.66. The van der Waals surface area contributed by atoms with E-state index in [2.05, 4.69) is 20.9 Å². The second-order valence-corrected chi connectivity index (χ2v) is 5.30. The molecule has 0 N–H and O–H groups in total. The second-order valence-electron chi connectivity index (χ2n) is 4.52. The summed E-state index contributed by atoms with van der Waals surface area (Å²) in [7, 11) is 0. The Balaban J connectivity index is 2.02. The first-order valence-electron chi connectivity index (χ1n) is 6.43. The number of hydrogen-bond acceptors (Lipinski definition) is 4. The molecular formula is C15H11BrF3NO3. The van der Waals surface area contributed by atoms with E-state index in [1.807, 2.05) is 0 Å². The Morgan fingerprint density at radius 3 is 2.22 bits per heavy atom. The number of carbonyl (C=O) groups excluding carboxylic acids is 1. The van der Waals surface area contributed by atoms with E-state index in [0.29, 0.717) is 17.7 Å². The zero-order chi connectivity index (χ0) is 17.0. The maximum atomic E-state index is 12.4. The van der Waals surface area contributed by atoms with Gasteiger partial charge < -0.3 is 9.47 Å². The number of hydrogen-bond donors (Lipinski definition) is 0. The monoisotopic (exact) mass is 389 g/mol. The Morgan fingerprint density at radius 2 is 1.74 bits per heavy atom. The molecule has 122 valence electrons. The van der Waals surface area contributed by atoms with Crippen molar-refractivity contribution >= 4 is 20.6 Å². The zero-order valence-corrected chi connectivity index (χ0v) is 13.4. The van der Waals surface area contributed by atoms with E-state index >= 15 is 0 Å². The summed E-state index contributed by atoms with van der Waals surface area (Å²) in [6.45, 7) is 1.59. The molecule has 0 amide bonds. The first-order valence-corrected chi connectivity index (χ1v) is 7.22. The van der Waals surface area contributed by atoms with Crippen molar-refractivity contribution in [2.45, 2.75) is 19.2 Å². The van der Waals surface area contributed by atoms with Crippen LogP contribution >= 0.6 is 15.9 Å². The van der Waals surface area contributed by atoms with E-state index in [0.717, 1.165) is 12.1 Å². The van der Waals surface area contributed by atoms with E-state index in [1.165, 1.54) is 0 Å². The molecule has 1 atom stereocenters. The molecule has 2 aromatic rings. The number of aromatic nitrogens is 1. The van der Waals surface area contributed by atoms with Crippen molar-refractivity contribution in [2.24, 2.45) is 0 Å². The van der Waals surface area contributed by atoms with Crippen LogP contribution in [0.4, 0.5) is 13.2 Å². The Hall–Kier alpha value is -2.09. The van der Waals surface area contributed by atoms with Gasteiger partial charge in [-0.15, -0.1) is 0 Å². The van der Waals surface area contributed by atoms with Crippen molar-refractivity contribution in [3.8, 4) is 17.4 Å². The van der Waals surface area contributed by atoms with Crippen LogP contribution in [0.25, 0.3) is 0 Å². The minimum atomic E-state index is -4.44. The van der Waals surface area contributed by atoms with Gasteiger partial charge in [0.25, 0.3) is 0 Å². The molecule has 4 nitrogen and oxygen atoms in total. The lowest BCUT2D eigenvalue weighted by molar-refractivity contribution is -0.137. The SMILES string of the molecule is CC(Oc1ccc(Oc2ccc(C(F)(F)F)cn2)cc1)C(=O)Br. The van der Waals surface area contributed by atoms with Crippen LogP contribution in [0, 0.1) is 0 Å². The molecule has 0 aliphatic carbocycles. The van der Waals surface area contributed by atoms with Crippen LogP contribution in [0.1, 0.15) is 12.5 Å². The van der Waals surface area contributed by atoms with Gasteiger partial charge in [0, 0.05) is 12.3 Å². The van der Waals surface area contributed by atoms with Crippen molar-refractivity contribution in [2.75, 3.05) is 0 Å². The number of nitrogens with zero attached hydrogens (tertiary/aromatic N) is 1. The van der Waals surface area contributed by atoms with Crippen LogP contribution in [0.5, 0.6) is 17.4 Å². The van der Waals surface area contributed by atoms with Gasteiger partial charge in [0.05, 0.1) is 5.56 Å². The molecule has 0 spiro atoms. The number of alkyl halides is 3. The van der Waals surface area contributed by atoms with E-state index in [4.69, 9.17) is 9.47 Å². The van der Waals surface area contributed by atoms with Crippen LogP contribution in [-0.2, 0) is 11.0 Å². The van der Waals surface area contributed by atoms with Gasteiger partial charge in [-0.3, -0.25) is 4.79 Å². The molecular weight excluding hydrogens is 379 g/mol. The van der Waals surface area contributed by atoms with Crippen molar-refractivity contribution in [1.29, 1.82) is 0 Å². The number of carbonyl (C=O) groups is 1. The van der Waals surface area contributed by atoms with E-state index in [9.17, 15) is 18.0 Å². The molecule has 0 bridgehead atoms. The molecule has 8 heteroatoms. The van der Waals surface area contributed by atoms with Crippen molar-refractivity contribution in [1.82, 2.24) is 4.98 Å². The smallest absolute Gasteiger partial charge is 0.417 e. The lowest BCUT2D eigenvalue weighted by Crippen LogP contribution is -2.18. The van der Waals surface area contributed by atoms with Crippen molar-refractivity contribution < 1.29 is 27.4 Å².